The molecule has 1 aromatic carbocycles. The average Bonchev–Trinajstić information content (AvgIpc) is 2.70. The normalized spacial score (nSPS) is 11.2. The summed E-state index contributed by atoms with van der Waals surface area (Å²) in [5, 5.41) is 3.26. The maximum atomic E-state index is 5.47. The molecule has 0 amide bonds. The predicted molar refractivity (Wildman–Crippen MR) is 70.3 cm³/mol. The molecule has 92 valence electrons. The third-order valence-electron chi connectivity index (χ3n) is 2.45. The summed E-state index contributed by atoms with van der Waals surface area (Å²) in [6, 6.07) is 8.01. The van der Waals surface area contributed by atoms with Crippen LogP contribution in [-0.2, 0) is 4.74 Å². The molecule has 2 rings (SSSR count). The number of nitrogens with zero attached hydrogens (tertiary/aromatic N) is 1. The summed E-state index contributed by atoms with van der Waals surface area (Å²) < 4.78 is 5.47. The Morgan fingerprint density at radius 1 is 1.35 bits per heavy atom. The van der Waals surface area contributed by atoms with E-state index in [1.165, 1.54) is 0 Å². The molecule has 0 unspecified atom stereocenters. The Labute approximate surface area is 101 Å². The Bertz CT molecular complexity index is 431. The fourth-order valence-electron chi connectivity index (χ4n) is 1.63. The maximum absolute atomic E-state index is 5.47. The van der Waals surface area contributed by atoms with Gasteiger partial charge in [-0.3, -0.25) is 0 Å². The monoisotopic (exact) mass is 233 g/mol. The van der Waals surface area contributed by atoms with E-state index < -0.39 is 0 Å². The first-order valence-corrected chi connectivity index (χ1v) is 6.06. The van der Waals surface area contributed by atoms with Crippen LogP contribution in [0.3, 0.4) is 0 Å². The molecule has 0 aliphatic heterocycles. The Kier molecular flexibility index (Phi) is 3.98. The number of rotatable bonds is 6. The number of ether oxygens (including phenoxy) is 1. The van der Waals surface area contributed by atoms with Gasteiger partial charge in [0.25, 0.3) is 0 Å². The number of benzene rings is 1. The summed E-state index contributed by atoms with van der Waals surface area (Å²) in [5.41, 5.74) is 2.06. The van der Waals surface area contributed by atoms with Crippen LogP contribution in [0.25, 0.3) is 11.0 Å². The highest BCUT2D eigenvalue weighted by Gasteiger charge is 2.00. The Hall–Kier alpha value is -1.55. The lowest BCUT2D eigenvalue weighted by Crippen LogP contribution is -2.09. The van der Waals surface area contributed by atoms with Crippen molar-refractivity contribution in [2.24, 2.45) is 0 Å². The molecule has 2 N–H and O–H groups in total. The lowest BCUT2D eigenvalue weighted by atomic mass is 10.3. The molecule has 1 heterocycles. The number of anilines is 1. The highest BCUT2D eigenvalue weighted by molar-refractivity contribution is 5.77. The van der Waals surface area contributed by atoms with Crippen LogP contribution in [-0.4, -0.2) is 29.2 Å². The van der Waals surface area contributed by atoms with Crippen molar-refractivity contribution in [3.63, 3.8) is 0 Å². The van der Waals surface area contributed by atoms with Crippen LogP contribution in [0.5, 0.6) is 0 Å². The number of fused-ring (bicyclic) bond motifs is 1. The molecule has 0 radical (unpaired) electrons. The molecule has 1 aromatic heterocycles. The van der Waals surface area contributed by atoms with Gasteiger partial charge < -0.3 is 15.0 Å². The highest BCUT2D eigenvalue weighted by atomic mass is 16.5. The Morgan fingerprint density at radius 3 is 2.94 bits per heavy atom. The minimum atomic E-state index is 0.307. The number of aromatic amines is 1. The molecule has 0 fully saturated rings. The molecular formula is C13H19N3O. The van der Waals surface area contributed by atoms with Gasteiger partial charge >= 0.3 is 0 Å². The first-order valence-electron chi connectivity index (χ1n) is 6.06. The third-order valence-corrected chi connectivity index (χ3v) is 2.45. The van der Waals surface area contributed by atoms with E-state index in [1.807, 2.05) is 38.1 Å². The number of nitrogens with one attached hydrogen (secondary N) is 2. The summed E-state index contributed by atoms with van der Waals surface area (Å²) in [7, 11) is 0. The smallest absolute Gasteiger partial charge is 0.201 e. The number of H-pyrrole nitrogens is 1. The summed E-state index contributed by atoms with van der Waals surface area (Å²) in [6.45, 7) is 5.75. The second-order valence-corrected chi connectivity index (χ2v) is 4.30. The third kappa shape index (κ3) is 3.46. The van der Waals surface area contributed by atoms with Gasteiger partial charge in [-0.1, -0.05) is 12.1 Å². The van der Waals surface area contributed by atoms with Gasteiger partial charge in [0.2, 0.25) is 5.95 Å². The lowest BCUT2D eigenvalue weighted by Gasteiger charge is -2.07. The summed E-state index contributed by atoms with van der Waals surface area (Å²) in [4.78, 5) is 7.67. The van der Waals surface area contributed by atoms with Crippen molar-refractivity contribution in [1.82, 2.24) is 9.97 Å². The van der Waals surface area contributed by atoms with Crippen LogP contribution in [0.15, 0.2) is 24.3 Å². The lowest BCUT2D eigenvalue weighted by molar-refractivity contribution is 0.0787. The fraction of sp³-hybridized carbons (Fsp3) is 0.462. The van der Waals surface area contributed by atoms with E-state index in [2.05, 4.69) is 15.3 Å². The first kappa shape index (κ1) is 11.9. The van der Waals surface area contributed by atoms with Crippen molar-refractivity contribution in [3.05, 3.63) is 24.3 Å². The molecular weight excluding hydrogens is 214 g/mol. The fourth-order valence-corrected chi connectivity index (χ4v) is 1.63. The number of aromatic nitrogens is 2. The van der Waals surface area contributed by atoms with Crippen molar-refractivity contribution in [3.8, 4) is 0 Å². The molecule has 4 heteroatoms. The zero-order valence-electron chi connectivity index (χ0n) is 10.4. The van der Waals surface area contributed by atoms with Crippen molar-refractivity contribution in [2.45, 2.75) is 26.4 Å². The number of hydrogen-bond acceptors (Lipinski definition) is 3. The van der Waals surface area contributed by atoms with Gasteiger partial charge in [-0.15, -0.1) is 0 Å². The van der Waals surface area contributed by atoms with Crippen LogP contribution in [0, 0.1) is 0 Å². The Balaban J connectivity index is 1.79. The van der Waals surface area contributed by atoms with Crippen molar-refractivity contribution < 1.29 is 4.74 Å². The van der Waals surface area contributed by atoms with E-state index >= 15 is 0 Å². The van der Waals surface area contributed by atoms with Gasteiger partial charge in [0, 0.05) is 13.2 Å². The molecule has 0 saturated carbocycles. The molecule has 2 aromatic rings. The van der Waals surface area contributed by atoms with Gasteiger partial charge in [-0.2, -0.15) is 0 Å². The van der Waals surface area contributed by atoms with E-state index in [0.29, 0.717) is 6.10 Å². The maximum Gasteiger partial charge on any atom is 0.201 e. The van der Waals surface area contributed by atoms with Crippen LogP contribution < -0.4 is 5.32 Å². The van der Waals surface area contributed by atoms with Crippen LogP contribution >= 0.6 is 0 Å². The molecule has 0 aliphatic carbocycles. The first-order chi connectivity index (χ1) is 8.25. The molecule has 17 heavy (non-hydrogen) atoms. The molecule has 0 aliphatic rings. The Morgan fingerprint density at radius 2 is 2.18 bits per heavy atom. The van der Waals surface area contributed by atoms with Crippen molar-refractivity contribution in [1.29, 1.82) is 0 Å². The van der Waals surface area contributed by atoms with Gasteiger partial charge in [-0.05, 0) is 32.4 Å². The highest BCUT2D eigenvalue weighted by Crippen LogP contribution is 2.12. The van der Waals surface area contributed by atoms with Gasteiger partial charge in [0.1, 0.15) is 0 Å². The number of hydrogen-bond donors (Lipinski definition) is 2. The van der Waals surface area contributed by atoms with Crippen LogP contribution in [0.2, 0.25) is 0 Å². The minimum Gasteiger partial charge on any atom is -0.379 e. The number of para-hydroxylation sites is 2. The van der Waals surface area contributed by atoms with Crippen molar-refractivity contribution in [2.75, 3.05) is 18.5 Å². The molecule has 0 saturated heterocycles. The molecule has 0 atom stereocenters. The van der Waals surface area contributed by atoms with Crippen molar-refractivity contribution >= 4 is 17.0 Å². The second kappa shape index (κ2) is 5.68. The zero-order valence-corrected chi connectivity index (χ0v) is 10.4. The molecule has 0 bridgehead atoms. The molecule has 4 nitrogen and oxygen atoms in total. The van der Waals surface area contributed by atoms with E-state index in [9.17, 15) is 0 Å². The minimum absolute atomic E-state index is 0.307. The second-order valence-electron chi connectivity index (χ2n) is 4.30. The predicted octanol–water partition coefficient (Wildman–Crippen LogP) is 2.79. The largest absolute Gasteiger partial charge is 0.379 e. The zero-order chi connectivity index (χ0) is 12.1. The van der Waals surface area contributed by atoms with Gasteiger partial charge in [0.15, 0.2) is 0 Å². The summed E-state index contributed by atoms with van der Waals surface area (Å²) in [5.74, 6) is 0.829. The average molecular weight is 233 g/mol. The molecule has 0 spiro atoms. The van der Waals surface area contributed by atoms with Crippen LogP contribution in [0.1, 0.15) is 20.3 Å². The summed E-state index contributed by atoms with van der Waals surface area (Å²) >= 11 is 0. The SMILES string of the molecule is CC(C)OCCCNc1nc2ccccc2[nH]1. The summed E-state index contributed by atoms with van der Waals surface area (Å²) in [6.07, 6.45) is 1.29. The number of imidazole rings is 1. The quantitative estimate of drug-likeness (QED) is 0.754. The van der Waals surface area contributed by atoms with E-state index in [1.54, 1.807) is 0 Å². The van der Waals surface area contributed by atoms with E-state index in [-0.39, 0.29) is 0 Å². The van der Waals surface area contributed by atoms with Gasteiger partial charge in [-0.25, -0.2) is 4.98 Å². The van der Waals surface area contributed by atoms with E-state index in [4.69, 9.17) is 4.74 Å². The topological polar surface area (TPSA) is 49.9 Å². The van der Waals surface area contributed by atoms with Crippen LogP contribution in [0.4, 0.5) is 5.95 Å². The van der Waals surface area contributed by atoms with E-state index in [0.717, 1.165) is 36.6 Å². The van der Waals surface area contributed by atoms with Gasteiger partial charge in [0.05, 0.1) is 17.1 Å². The standard InChI is InChI=1S/C13H19N3O/c1-10(2)17-9-5-8-14-13-15-11-6-3-4-7-12(11)16-13/h3-4,6-7,10H,5,8-9H2,1-2H3,(H2,14,15,16).